The third kappa shape index (κ3) is 5.75. The van der Waals surface area contributed by atoms with Crippen LogP contribution < -0.4 is 5.32 Å². The lowest BCUT2D eigenvalue weighted by atomic mass is 9.99. The molecule has 2 heteroatoms. The van der Waals surface area contributed by atoms with Crippen molar-refractivity contribution in [2.24, 2.45) is 0 Å². The molecule has 0 bridgehead atoms. The summed E-state index contributed by atoms with van der Waals surface area (Å²) in [5.74, 6) is 0. The van der Waals surface area contributed by atoms with Gasteiger partial charge in [-0.3, -0.25) is 0 Å². The van der Waals surface area contributed by atoms with Crippen LogP contribution in [0, 0.1) is 6.92 Å². The molecule has 1 aromatic carbocycles. The molecule has 1 rings (SSSR count). The molecule has 0 fully saturated rings. The van der Waals surface area contributed by atoms with Gasteiger partial charge in [0.2, 0.25) is 0 Å². The molecule has 0 aliphatic heterocycles. The van der Waals surface area contributed by atoms with Crippen molar-refractivity contribution >= 4 is 0 Å². The van der Waals surface area contributed by atoms with Crippen molar-refractivity contribution in [2.75, 3.05) is 27.2 Å². The first-order valence-corrected chi connectivity index (χ1v) is 7.60. The Balaban J connectivity index is 2.43. The number of hydrogen-bond donors (Lipinski definition) is 1. The number of nitrogens with zero attached hydrogens (tertiary/aromatic N) is 1. The molecule has 19 heavy (non-hydrogen) atoms. The lowest BCUT2D eigenvalue weighted by Gasteiger charge is -2.23. The Hall–Kier alpha value is -0.860. The number of nitrogens with one attached hydrogen (secondary N) is 1. The molecule has 0 spiro atoms. The maximum atomic E-state index is 3.46. The van der Waals surface area contributed by atoms with Crippen LogP contribution in [0.1, 0.15) is 49.8 Å². The van der Waals surface area contributed by atoms with Crippen molar-refractivity contribution in [3.8, 4) is 0 Å². The Morgan fingerprint density at radius 2 is 1.89 bits per heavy atom. The number of rotatable bonds is 9. The average Bonchev–Trinajstić information content (AvgIpc) is 2.41. The monoisotopic (exact) mass is 262 g/mol. The van der Waals surface area contributed by atoms with Gasteiger partial charge in [-0.15, -0.1) is 0 Å². The number of benzene rings is 1. The second-order valence-electron chi connectivity index (χ2n) is 5.50. The third-order valence-corrected chi connectivity index (χ3v) is 3.86. The summed E-state index contributed by atoms with van der Waals surface area (Å²) in [5.41, 5.74) is 2.82. The Labute approximate surface area is 119 Å². The van der Waals surface area contributed by atoms with Gasteiger partial charge in [-0.25, -0.2) is 0 Å². The van der Waals surface area contributed by atoms with Gasteiger partial charge < -0.3 is 10.2 Å². The molecule has 0 aromatic heterocycles. The van der Waals surface area contributed by atoms with Crippen LogP contribution in [0.3, 0.4) is 0 Å². The summed E-state index contributed by atoms with van der Waals surface area (Å²) in [4.78, 5) is 2.46. The fraction of sp³-hybridized carbons (Fsp3) is 0.647. The zero-order valence-electron chi connectivity index (χ0n) is 13.1. The minimum Gasteiger partial charge on any atom is -0.313 e. The molecule has 0 aliphatic carbocycles. The minimum atomic E-state index is 0.467. The summed E-state index contributed by atoms with van der Waals surface area (Å²) in [6.07, 6.45) is 5.14. The summed E-state index contributed by atoms with van der Waals surface area (Å²) in [6.45, 7) is 6.83. The van der Waals surface area contributed by atoms with E-state index < -0.39 is 0 Å². The number of aryl methyl sites for hydroxylation is 1. The summed E-state index contributed by atoms with van der Waals surface area (Å²) in [5, 5.41) is 3.46. The zero-order valence-corrected chi connectivity index (χ0v) is 13.1. The van der Waals surface area contributed by atoms with Crippen molar-refractivity contribution in [1.82, 2.24) is 10.2 Å². The van der Waals surface area contributed by atoms with Crippen LogP contribution >= 0.6 is 0 Å². The molecule has 0 heterocycles. The minimum absolute atomic E-state index is 0.467. The predicted octanol–water partition coefficient (Wildman–Crippen LogP) is 3.77. The second-order valence-corrected chi connectivity index (χ2v) is 5.50. The van der Waals surface area contributed by atoms with Gasteiger partial charge in [-0.1, -0.05) is 44.0 Å². The van der Waals surface area contributed by atoms with Crippen LogP contribution in [0.2, 0.25) is 0 Å². The molecule has 1 unspecified atom stereocenters. The molecule has 1 atom stereocenters. The van der Waals surface area contributed by atoms with E-state index in [0.717, 1.165) is 6.54 Å². The predicted molar refractivity (Wildman–Crippen MR) is 84.6 cm³/mol. The third-order valence-electron chi connectivity index (χ3n) is 3.86. The summed E-state index contributed by atoms with van der Waals surface area (Å²) in [7, 11) is 4.30. The lowest BCUT2D eigenvalue weighted by molar-refractivity contribution is 0.304. The number of unbranched alkanes of at least 4 members (excludes halogenated alkanes) is 2. The van der Waals surface area contributed by atoms with E-state index >= 15 is 0 Å². The van der Waals surface area contributed by atoms with E-state index in [2.05, 4.69) is 62.4 Å². The Morgan fingerprint density at radius 1 is 1.16 bits per heavy atom. The smallest absolute Gasteiger partial charge is 0.0332 e. The Bertz CT molecular complexity index is 349. The van der Waals surface area contributed by atoms with Gasteiger partial charge in [0.05, 0.1) is 0 Å². The standard InChI is InChI=1S/C17H30N2/c1-5-6-9-13-19(4)14-12-17(18-3)16-11-8-7-10-15(16)2/h7-8,10-11,17-18H,5-6,9,12-14H2,1-4H3. The largest absolute Gasteiger partial charge is 0.313 e. The lowest BCUT2D eigenvalue weighted by Crippen LogP contribution is -2.26. The van der Waals surface area contributed by atoms with E-state index in [1.807, 2.05) is 0 Å². The van der Waals surface area contributed by atoms with Crippen LogP contribution in [0.5, 0.6) is 0 Å². The quantitative estimate of drug-likeness (QED) is 0.682. The van der Waals surface area contributed by atoms with E-state index in [9.17, 15) is 0 Å². The fourth-order valence-corrected chi connectivity index (χ4v) is 2.53. The van der Waals surface area contributed by atoms with E-state index in [-0.39, 0.29) is 0 Å². The molecule has 0 aliphatic rings. The van der Waals surface area contributed by atoms with Crippen LogP contribution in [0.15, 0.2) is 24.3 Å². The van der Waals surface area contributed by atoms with Crippen molar-refractivity contribution in [3.05, 3.63) is 35.4 Å². The highest BCUT2D eigenvalue weighted by Crippen LogP contribution is 2.20. The summed E-state index contributed by atoms with van der Waals surface area (Å²) < 4.78 is 0. The molecule has 1 aromatic rings. The van der Waals surface area contributed by atoms with Gasteiger partial charge in [0.25, 0.3) is 0 Å². The van der Waals surface area contributed by atoms with E-state index in [0.29, 0.717) is 6.04 Å². The first-order chi connectivity index (χ1) is 9.19. The zero-order chi connectivity index (χ0) is 14.1. The molecule has 108 valence electrons. The first-order valence-electron chi connectivity index (χ1n) is 7.60. The maximum Gasteiger partial charge on any atom is 0.0332 e. The molecular formula is C17H30N2. The van der Waals surface area contributed by atoms with Gasteiger partial charge in [0.1, 0.15) is 0 Å². The highest BCUT2D eigenvalue weighted by atomic mass is 15.1. The molecule has 0 radical (unpaired) electrons. The summed E-state index contributed by atoms with van der Waals surface area (Å²) in [6, 6.07) is 9.16. The van der Waals surface area contributed by atoms with Crippen molar-refractivity contribution < 1.29 is 0 Å². The highest BCUT2D eigenvalue weighted by Gasteiger charge is 2.11. The topological polar surface area (TPSA) is 15.3 Å². The average molecular weight is 262 g/mol. The molecule has 2 nitrogen and oxygen atoms in total. The van der Waals surface area contributed by atoms with Gasteiger partial charge in [0.15, 0.2) is 0 Å². The van der Waals surface area contributed by atoms with Gasteiger partial charge >= 0.3 is 0 Å². The van der Waals surface area contributed by atoms with Gasteiger partial charge in [0, 0.05) is 6.04 Å². The highest BCUT2D eigenvalue weighted by molar-refractivity contribution is 5.28. The van der Waals surface area contributed by atoms with Crippen LogP contribution in [0.25, 0.3) is 0 Å². The van der Waals surface area contributed by atoms with E-state index in [4.69, 9.17) is 0 Å². The molecular weight excluding hydrogens is 232 g/mol. The first kappa shape index (κ1) is 16.2. The molecule has 0 saturated carbocycles. The van der Waals surface area contributed by atoms with Crippen molar-refractivity contribution in [2.45, 2.75) is 45.6 Å². The molecule has 1 N–H and O–H groups in total. The van der Waals surface area contributed by atoms with Crippen molar-refractivity contribution in [3.63, 3.8) is 0 Å². The summed E-state index contributed by atoms with van der Waals surface area (Å²) >= 11 is 0. The van der Waals surface area contributed by atoms with Gasteiger partial charge in [-0.05, 0) is 58.1 Å². The Morgan fingerprint density at radius 3 is 2.53 bits per heavy atom. The van der Waals surface area contributed by atoms with Gasteiger partial charge in [-0.2, -0.15) is 0 Å². The van der Waals surface area contributed by atoms with Crippen LogP contribution in [0.4, 0.5) is 0 Å². The van der Waals surface area contributed by atoms with Crippen LogP contribution in [-0.2, 0) is 0 Å². The molecule has 0 amide bonds. The molecule has 0 saturated heterocycles. The van der Waals surface area contributed by atoms with E-state index in [1.54, 1.807) is 0 Å². The normalized spacial score (nSPS) is 12.9. The maximum absolute atomic E-state index is 3.46. The van der Waals surface area contributed by atoms with Crippen LogP contribution in [-0.4, -0.2) is 32.1 Å². The second kappa shape index (κ2) is 9.11. The van der Waals surface area contributed by atoms with Crippen molar-refractivity contribution in [1.29, 1.82) is 0 Å². The number of hydrogen-bond acceptors (Lipinski definition) is 2. The van der Waals surface area contributed by atoms with E-state index in [1.165, 1.54) is 43.4 Å². The fourth-order valence-electron chi connectivity index (χ4n) is 2.53. The SMILES string of the molecule is CCCCCN(C)CCC(NC)c1ccccc1C. The Kier molecular flexibility index (Phi) is 7.76.